The van der Waals surface area contributed by atoms with E-state index in [1.165, 1.54) is 12.8 Å². The molecular weight excluding hydrogens is 356 g/mol. The monoisotopic (exact) mass is 392 g/mol. The van der Waals surface area contributed by atoms with Crippen molar-refractivity contribution in [3.63, 3.8) is 0 Å². The molecule has 1 aliphatic rings. The average Bonchev–Trinajstić information content (AvgIpc) is 3.20. The SMILES string of the molecule is CC(C)CCCN(C)C1CCC(C(C(N)=O)(c2ccccc2)c2ccccc2)C1. The Kier molecular flexibility index (Phi) is 7.13. The zero-order valence-electron chi connectivity index (χ0n) is 18.2. The maximum absolute atomic E-state index is 13.1. The predicted octanol–water partition coefficient (Wildman–Crippen LogP) is 4.99. The lowest BCUT2D eigenvalue weighted by atomic mass is 9.64. The Bertz CT molecular complexity index is 732. The summed E-state index contributed by atoms with van der Waals surface area (Å²) in [6.45, 7) is 5.69. The Hall–Kier alpha value is -2.13. The van der Waals surface area contributed by atoms with E-state index in [2.05, 4.69) is 50.1 Å². The van der Waals surface area contributed by atoms with Crippen molar-refractivity contribution in [2.75, 3.05) is 13.6 Å². The van der Waals surface area contributed by atoms with Crippen LogP contribution in [0, 0.1) is 11.8 Å². The molecule has 0 heterocycles. The Balaban J connectivity index is 1.89. The van der Waals surface area contributed by atoms with Crippen LogP contribution in [0.3, 0.4) is 0 Å². The van der Waals surface area contributed by atoms with Gasteiger partial charge in [0.25, 0.3) is 0 Å². The molecule has 1 aliphatic carbocycles. The van der Waals surface area contributed by atoms with Crippen LogP contribution in [0.1, 0.15) is 57.1 Å². The number of nitrogens with zero attached hydrogens (tertiary/aromatic N) is 1. The van der Waals surface area contributed by atoms with Gasteiger partial charge in [-0.2, -0.15) is 0 Å². The fourth-order valence-electron chi connectivity index (χ4n) is 5.21. The highest BCUT2D eigenvalue weighted by Crippen LogP contribution is 2.47. The van der Waals surface area contributed by atoms with E-state index in [0.29, 0.717) is 6.04 Å². The second-order valence-electron chi connectivity index (χ2n) is 9.08. The molecule has 3 heteroatoms. The third-order valence-electron chi connectivity index (χ3n) is 6.78. The summed E-state index contributed by atoms with van der Waals surface area (Å²) in [6, 6.07) is 20.8. The van der Waals surface area contributed by atoms with Gasteiger partial charge in [-0.15, -0.1) is 0 Å². The van der Waals surface area contributed by atoms with E-state index in [9.17, 15) is 4.79 Å². The van der Waals surface area contributed by atoms with E-state index >= 15 is 0 Å². The highest BCUT2D eigenvalue weighted by Gasteiger charge is 2.50. The minimum Gasteiger partial charge on any atom is -0.369 e. The molecule has 156 valence electrons. The number of rotatable bonds is 9. The molecular formula is C26H36N2O. The maximum Gasteiger partial charge on any atom is 0.232 e. The molecule has 3 nitrogen and oxygen atoms in total. The van der Waals surface area contributed by atoms with Gasteiger partial charge in [0.1, 0.15) is 5.41 Å². The van der Waals surface area contributed by atoms with Crippen LogP contribution in [-0.2, 0) is 10.2 Å². The molecule has 0 radical (unpaired) electrons. The second-order valence-corrected chi connectivity index (χ2v) is 9.08. The van der Waals surface area contributed by atoms with Crippen LogP contribution in [0.2, 0.25) is 0 Å². The summed E-state index contributed by atoms with van der Waals surface area (Å²) in [7, 11) is 2.24. The summed E-state index contributed by atoms with van der Waals surface area (Å²) < 4.78 is 0. The van der Waals surface area contributed by atoms with E-state index in [1.807, 2.05) is 36.4 Å². The van der Waals surface area contributed by atoms with Crippen LogP contribution >= 0.6 is 0 Å². The Labute approximate surface area is 176 Å². The molecule has 2 atom stereocenters. The topological polar surface area (TPSA) is 46.3 Å². The van der Waals surface area contributed by atoms with Crippen molar-refractivity contribution in [2.24, 2.45) is 17.6 Å². The molecule has 0 spiro atoms. The Morgan fingerprint density at radius 2 is 1.59 bits per heavy atom. The van der Waals surface area contributed by atoms with Gasteiger partial charge in [-0.25, -0.2) is 0 Å². The van der Waals surface area contributed by atoms with E-state index in [1.54, 1.807) is 0 Å². The molecule has 0 saturated heterocycles. The standard InChI is InChI=1S/C26H36N2O/c1-20(2)11-10-18-28(3)24-17-16-23(19-24)26(25(27)29,21-12-6-4-7-13-21)22-14-8-5-9-15-22/h4-9,12-15,20,23-24H,10-11,16-19H2,1-3H3,(H2,27,29). The van der Waals surface area contributed by atoms with Crippen molar-refractivity contribution < 1.29 is 4.79 Å². The van der Waals surface area contributed by atoms with Gasteiger partial charge in [0.05, 0.1) is 0 Å². The van der Waals surface area contributed by atoms with Gasteiger partial charge in [0.15, 0.2) is 0 Å². The van der Waals surface area contributed by atoms with Crippen LogP contribution in [0.25, 0.3) is 0 Å². The summed E-state index contributed by atoms with van der Waals surface area (Å²) in [6.07, 6.45) is 5.64. The van der Waals surface area contributed by atoms with Crippen molar-refractivity contribution in [3.05, 3.63) is 71.8 Å². The maximum atomic E-state index is 13.1. The number of nitrogens with two attached hydrogens (primary N) is 1. The number of benzene rings is 2. The summed E-state index contributed by atoms with van der Waals surface area (Å²) in [5, 5.41) is 0. The lowest BCUT2D eigenvalue weighted by Gasteiger charge is -2.38. The van der Waals surface area contributed by atoms with E-state index in [-0.39, 0.29) is 11.8 Å². The minimum atomic E-state index is -0.768. The van der Waals surface area contributed by atoms with E-state index in [0.717, 1.165) is 42.9 Å². The molecule has 1 fully saturated rings. The van der Waals surface area contributed by atoms with Gasteiger partial charge in [-0.05, 0) is 68.7 Å². The molecule has 2 aromatic rings. The van der Waals surface area contributed by atoms with Gasteiger partial charge in [0, 0.05) is 6.04 Å². The third-order valence-corrected chi connectivity index (χ3v) is 6.78. The molecule has 2 aromatic carbocycles. The van der Waals surface area contributed by atoms with Gasteiger partial charge < -0.3 is 10.6 Å². The van der Waals surface area contributed by atoms with Gasteiger partial charge in [-0.3, -0.25) is 4.79 Å². The van der Waals surface area contributed by atoms with Gasteiger partial charge in [-0.1, -0.05) is 74.5 Å². The zero-order valence-corrected chi connectivity index (χ0v) is 18.2. The molecule has 1 saturated carbocycles. The number of carbonyl (C=O) groups is 1. The second kappa shape index (κ2) is 9.58. The van der Waals surface area contributed by atoms with Crippen LogP contribution in [0.5, 0.6) is 0 Å². The van der Waals surface area contributed by atoms with Crippen molar-refractivity contribution in [1.29, 1.82) is 0 Å². The fourth-order valence-corrected chi connectivity index (χ4v) is 5.21. The number of hydrogen-bond acceptors (Lipinski definition) is 2. The third kappa shape index (κ3) is 4.56. The summed E-state index contributed by atoms with van der Waals surface area (Å²) >= 11 is 0. The first-order valence-corrected chi connectivity index (χ1v) is 11.1. The highest BCUT2D eigenvalue weighted by atomic mass is 16.1. The number of primary amides is 1. The quantitative estimate of drug-likeness (QED) is 0.653. The van der Waals surface area contributed by atoms with E-state index < -0.39 is 5.41 Å². The smallest absolute Gasteiger partial charge is 0.232 e. The zero-order chi connectivity index (χ0) is 20.9. The first-order chi connectivity index (χ1) is 14.0. The number of hydrogen-bond donors (Lipinski definition) is 1. The van der Waals surface area contributed by atoms with Gasteiger partial charge >= 0.3 is 0 Å². The van der Waals surface area contributed by atoms with E-state index in [4.69, 9.17) is 5.73 Å². The average molecular weight is 393 g/mol. The summed E-state index contributed by atoms with van der Waals surface area (Å²) in [5.41, 5.74) is 7.47. The molecule has 29 heavy (non-hydrogen) atoms. The molecule has 0 aliphatic heterocycles. The lowest BCUT2D eigenvalue weighted by Crippen LogP contribution is -2.48. The largest absolute Gasteiger partial charge is 0.369 e. The fraction of sp³-hybridized carbons (Fsp3) is 0.500. The number of carbonyl (C=O) groups excluding carboxylic acids is 1. The van der Waals surface area contributed by atoms with Crippen molar-refractivity contribution in [2.45, 2.75) is 57.4 Å². The van der Waals surface area contributed by atoms with Crippen LogP contribution < -0.4 is 5.73 Å². The Morgan fingerprint density at radius 1 is 1.03 bits per heavy atom. The molecule has 2 unspecified atom stereocenters. The highest BCUT2D eigenvalue weighted by molar-refractivity contribution is 5.91. The van der Waals surface area contributed by atoms with Crippen LogP contribution in [0.4, 0.5) is 0 Å². The van der Waals surface area contributed by atoms with Crippen LogP contribution in [0.15, 0.2) is 60.7 Å². The molecule has 0 bridgehead atoms. The normalized spacial score (nSPS) is 19.8. The first kappa shape index (κ1) is 21.6. The summed E-state index contributed by atoms with van der Waals surface area (Å²) in [4.78, 5) is 15.6. The molecule has 2 N–H and O–H groups in total. The molecule has 1 amide bonds. The van der Waals surface area contributed by atoms with Crippen molar-refractivity contribution in [3.8, 4) is 0 Å². The van der Waals surface area contributed by atoms with Crippen LogP contribution in [-0.4, -0.2) is 30.4 Å². The summed E-state index contributed by atoms with van der Waals surface area (Å²) in [5.74, 6) is 0.726. The van der Waals surface area contributed by atoms with Crippen molar-refractivity contribution in [1.82, 2.24) is 4.90 Å². The number of amides is 1. The minimum absolute atomic E-state index is 0.211. The van der Waals surface area contributed by atoms with Gasteiger partial charge in [0.2, 0.25) is 5.91 Å². The lowest BCUT2D eigenvalue weighted by molar-refractivity contribution is -0.123. The Morgan fingerprint density at radius 3 is 2.07 bits per heavy atom. The first-order valence-electron chi connectivity index (χ1n) is 11.1. The van der Waals surface area contributed by atoms with Crippen molar-refractivity contribution >= 4 is 5.91 Å². The molecule has 0 aromatic heterocycles. The molecule has 3 rings (SSSR count). The predicted molar refractivity (Wildman–Crippen MR) is 121 cm³/mol.